The fraction of sp³-hybridized carbons (Fsp3) is 0.176. The van der Waals surface area contributed by atoms with Gasteiger partial charge in [0, 0.05) is 19.2 Å². The highest BCUT2D eigenvalue weighted by molar-refractivity contribution is 5.89. The number of phenols is 1. The molecule has 7 nitrogen and oxygen atoms in total. The number of benzene rings is 2. The van der Waals surface area contributed by atoms with Gasteiger partial charge in [-0.1, -0.05) is 12.1 Å². The quantitative estimate of drug-likeness (QED) is 0.545. The van der Waals surface area contributed by atoms with Crippen LogP contribution < -0.4 is 5.73 Å². The Morgan fingerprint density at radius 3 is 2.25 bits per heavy atom. The molecular formula is C17H18N2O5. The maximum absolute atomic E-state index is 12.1. The molecule has 0 aliphatic rings. The van der Waals surface area contributed by atoms with Crippen molar-refractivity contribution in [3.8, 4) is 5.75 Å². The monoisotopic (exact) mass is 330 g/mol. The van der Waals surface area contributed by atoms with Gasteiger partial charge < -0.3 is 20.8 Å². The number of carbonyl (C=O) groups excluding carboxylic acids is 1. The highest BCUT2D eigenvalue weighted by Gasteiger charge is 2.26. The number of anilines is 1. The van der Waals surface area contributed by atoms with E-state index in [-0.39, 0.29) is 17.7 Å². The van der Waals surface area contributed by atoms with Gasteiger partial charge in [0.05, 0.1) is 5.56 Å². The molecule has 1 atom stereocenters. The molecule has 24 heavy (non-hydrogen) atoms. The van der Waals surface area contributed by atoms with Gasteiger partial charge in [0.15, 0.2) is 0 Å². The SMILES string of the molecule is CN(OC(=O)c1ccc(N)cc1)[C@@H](Cc1ccc(O)cc1)C(=O)O. The smallest absolute Gasteiger partial charge is 0.357 e. The summed E-state index contributed by atoms with van der Waals surface area (Å²) in [5.41, 5.74) is 7.02. The minimum atomic E-state index is -1.13. The van der Waals surface area contributed by atoms with Crippen LogP contribution in [0.4, 0.5) is 5.69 Å². The number of carboxylic acid groups (broad SMARTS) is 1. The number of rotatable bonds is 6. The summed E-state index contributed by atoms with van der Waals surface area (Å²) in [6.07, 6.45) is 0.112. The molecule has 0 saturated carbocycles. The maximum atomic E-state index is 12.1. The normalized spacial score (nSPS) is 11.9. The average molecular weight is 330 g/mol. The summed E-state index contributed by atoms with van der Waals surface area (Å²) < 4.78 is 0. The first kappa shape index (κ1) is 17.3. The first-order valence-corrected chi connectivity index (χ1v) is 7.18. The largest absolute Gasteiger partial charge is 0.508 e. The molecule has 7 heteroatoms. The fourth-order valence-electron chi connectivity index (χ4n) is 2.09. The molecule has 2 aromatic carbocycles. The number of aromatic hydroxyl groups is 1. The first-order valence-electron chi connectivity index (χ1n) is 7.18. The summed E-state index contributed by atoms with van der Waals surface area (Å²) >= 11 is 0. The summed E-state index contributed by atoms with van der Waals surface area (Å²) in [6, 6.07) is 11.2. The maximum Gasteiger partial charge on any atom is 0.357 e. The van der Waals surface area contributed by atoms with Crippen LogP contribution in [0.3, 0.4) is 0 Å². The standard InChI is InChI=1S/C17H18N2O5/c1-19(24-17(23)12-4-6-13(18)7-5-12)15(16(21)22)10-11-2-8-14(20)9-3-11/h2-9,15,20H,10,18H2,1H3,(H,21,22)/t15-/m0/s1. The third-order valence-electron chi connectivity index (χ3n) is 3.46. The lowest BCUT2D eigenvalue weighted by Crippen LogP contribution is -2.41. The Kier molecular flexibility index (Phi) is 5.39. The Bertz CT molecular complexity index is 713. The number of phenolic OH excluding ortho intramolecular Hbond substituents is 1. The van der Waals surface area contributed by atoms with E-state index < -0.39 is 18.0 Å². The zero-order valence-corrected chi connectivity index (χ0v) is 13.0. The Hall–Kier alpha value is -3.06. The van der Waals surface area contributed by atoms with E-state index in [9.17, 15) is 19.8 Å². The second-order valence-corrected chi connectivity index (χ2v) is 5.27. The van der Waals surface area contributed by atoms with Crippen LogP contribution in [0.5, 0.6) is 5.75 Å². The summed E-state index contributed by atoms with van der Waals surface area (Å²) in [6.45, 7) is 0. The number of hydroxylamine groups is 2. The number of likely N-dealkylation sites (N-methyl/N-ethyl adjacent to an activating group) is 1. The Morgan fingerprint density at radius 2 is 1.71 bits per heavy atom. The van der Waals surface area contributed by atoms with E-state index in [1.165, 1.54) is 31.3 Å². The van der Waals surface area contributed by atoms with Crippen molar-refractivity contribution in [1.29, 1.82) is 0 Å². The van der Waals surface area contributed by atoms with Crippen molar-refractivity contribution in [2.75, 3.05) is 12.8 Å². The van der Waals surface area contributed by atoms with E-state index >= 15 is 0 Å². The van der Waals surface area contributed by atoms with E-state index in [4.69, 9.17) is 10.6 Å². The molecule has 0 saturated heterocycles. The number of hydrogen-bond donors (Lipinski definition) is 3. The predicted molar refractivity (Wildman–Crippen MR) is 87.3 cm³/mol. The molecule has 0 heterocycles. The van der Waals surface area contributed by atoms with Crippen molar-refractivity contribution in [3.05, 3.63) is 59.7 Å². The molecule has 0 fully saturated rings. The van der Waals surface area contributed by atoms with Crippen LogP contribution in [0.1, 0.15) is 15.9 Å². The lowest BCUT2D eigenvalue weighted by Gasteiger charge is -2.23. The Morgan fingerprint density at radius 1 is 1.12 bits per heavy atom. The lowest BCUT2D eigenvalue weighted by molar-refractivity contribution is -0.164. The van der Waals surface area contributed by atoms with Crippen LogP contribution in [-0.4, -0.2) is 40.3 Å². The fourth-order valence-corrected chi connectivity index (χ4v) is 2.09. The highest BCUT2D eigenvalue weighted by atomic mass is 16.7. The zero-order valence-electron chi connectivity index (χ0n) is 13.0. The number of nitrogens with zero attached hydrogens (tertiary/aromatic N) is 1. The van der Waals surface area contributed by atoms with Gasteiger partial charge in [0.1, 0.15) is 11.8 Å². The molecule has 0 spiro atoms. The van der Waals surface area contributed by atoms with Crippen LogP contribution in [0.25, 0.3) is 0 Å². The summed E-state index contributed by atoms with van der Waals surface area (Å²) in [5, 5.41) is 19.7. The molecule has 0 bridgehead atoms. The zero-order chi connectivity index (χ0) is 17.7. The summed E-state index contributed by atoms with van der Waals surface area (Å²) in [7, 11) is 1.38. The van der Waals surface area contributed by atoms with Crippen molar-refractivity contribution in [3.63, 3.8) is 0 Å². The van der Waals surface area contributed by atoms with Gasteiger partial charge in [0.2, 0.25) is 0 Å². The minimum absolute atomic E-state index is 0.0914. The molecule has 0 aliphatic heterocycles. The van der Waals surface area contributed by atoms with Crippen molar-refractivity contribution < 1.29 is 24.6 Å². The summed E-state index contributed by atoms with van der Waals surface area (Å²) in [4.78, 5) is 28.7. The van der Waals surface area contributed by atoms with Crippen molar-refractivity contribution in [2.24, 2.45) is 0 Å². The average Bonchev–Trinajstić information content (AvgIpc) is 2.54. The highest BCUT2D eigenvalue weighted by Crippen LogP contribution is 2.15. The van der Waals surface area contributed by atoms with Gasteiger partial charge in [0.25, 0.3) is 0 Å². The topological polar surface area (TPSA) is 113 Å². The number of nitrogens with two attached hydrogens (primary N) is 1. The van der Waals surface area contributed by atoms with Gasteiger partial charge in [-0.15, -0.1) is 5.06 Å². The van der Waals surface area contributed by atoms with Gasteiger partial charge in [-0.05, 0) is 42.0 Å². The molecule has 126 valence electrons. The van der Waals surface area contributed by atoms with E-state index in [0.717, 1.165) is 5.06 Å². The third kappa shape index (κ3) is 4.47. The molecule has 2 rings (SSSR count). The third-order valence-corrected chi connectivity index (χ3v) is 3.46. The second-order valence-electron chi connectivity index (χ2n) is 5.27. The van der Waals surface area contributed by atoms with Crippen LogP contribution in [0.2, 0.25) is 0 Å². The van der Waals surface area contributed by atoms with Gasteiger partial charge >= 0.3 is 11.9 Å². The number of nitrogen functional groups attached to an aromatic ring is 1. The van der Waals surface area contributed by atoms with E-state index in [2.05, 4.69) is 0 Å². The molecular weight excluding hydrogens is 312 g/mol. The number of carbonyl (C=O) groups is 2. The molecule has 2 aromatic rings. The summed E-state index contributed by atoms with van der Waals surface area (Å²) in [5.74, 6) is -1.71. The number of hydrogen-bond acceptors (Lipinski definition) is 6. The number of aliphatic carboxylic acids is 1. The minimum Gasteiger partial charge on any atom is -0.508 e. The molecule has 0 aromatic heterocycles. The van der Waals surface area contributed by atoms with Crippen LogP contribution in [-0.2, 0) is 16.1 Å². The molecule has 0 radical (unpaired) electrons. The van der Waals surface area contributed by atoms with Gasteiger partial charge in [-0.25, -0.2) is 4.79 Å². The number of carboxylic acids is 1. The Labute approximate surface area is 138 Å². The van der Waals surface area contributed by atoms with Crippen molar-refractivity contribution >= 4 is 17.6 Å². The van der Waals surface area contributed by atoms with Crippen LogP contribution in [0, 0.1) is 0 Å². The first-order chi connectivity index (χ1) is 11.4. The van der Waals surface area contributed by atoms with E-state index in [1.807, 2.05) is 0 Å². The van der Waals surface area contributed by atoms with E-state index in [0.29, 0.717) is 11.3 Å². The van der Waals surface area contributed by atoms with Gasteiger partial charge in [-0.3, -0.25) is 4.79 Å². The molecule has 0 unspecified atom stereocenters. The molecule has 0 amide bonds. The van der Waals surface area contributed by atoms with E-state index in [1.54, 1.807) is 24.3 Å². The van der Waals surface area contributed by atoms with Crippen molar-refractivity contribution in [1.82, 2.24) is 5.06 Å². The van der Waals surface area contributed by atoms with Crippen molar-refractivity contribution in [2.45, 2.75) is 12.5 Å². The predicted octanol–water partition coefficient (Wildman–Crippen LogP) is 1.67. The second kappa shape index (κ2) is 7.47. The van der Waals surface area contributed by atoms with Crippen LogP contribution >= 0.6 is 0 Å². The van der Waals surface area contributed by atoms with Gasteiger partial charge in [-0.2, -0.15) is 0 Å². The molecule has 0 aliphatic carbocycles. The Balaban J connectivity index is 2.06. The van der Waals surface area contributed by atoms with Crippen LogP contribution in [0.15, 0.2) is 48.5 Å². The lowest BCUT2D eigenvalue weighted by atomic mass is 10.1. The molecule has 4 N–H and O–H groups in total.